The largest absolute Gasteiger partial charge is 0.253 e. The van der Waals surface area contributed by atoms with E-state index in [0.29, 0.717) is 11.3 Å². The van der Waals surface area contributed by atoms with E-state index in [2.05, 4.69) is 15.0 Å². The number of hydrogen-bond donors (Lipinski definition) is 0. The third kappa shape index (κ3) is 3.24. The minimum atomic E-state index is -3.56. The van der Waals surface area contributed by atoms with Crippen LogP contribution in [0.3, 0.4) is 0 Å². The van der Waals surface area contributed by atoms with Crippen LogP contribution in [0.25, 0.3) is 22.8 Å². The van der Waals surface area contributed by atoms with E-state index in [4.69, 9.17) is 0 Å². The molecule has 0 atom stereocenters. The molecular formula is C16H12FN3O2S. The van der Waals surface area contributed by atoms with Crippen LogP contribution >= 0.6 is 0 Å². The predicted molar refractivity (Wildman–Crippen MR) is 83.8 cm³/mol. The van der Waals surface area contributed by atoms with Crippen LogP contribution in [0.2, 0.25) is 0 Å². The number of halogens is 1. The first kappa shape index (κ1) is 15.2. The highest BCUT2D eigenvalue weighted by Crippen LogP contribution is 2.27. The van der Waals surface area contributed by atoms with Crippen molar-refractivity contribution < 1.29 is 12.8 Å². The lowest BCUT2D eigenvalue weighted by molar-refractivity contribution is 0.601. The second-order valence-electron chi connectivity index (χ2n) is 4.90. The van der Waals surface area contributed by atoms with Crippen molar-refractivity contribution in [3.8, 4) is 22.8 Å². The molecule has 0 spiro atoms. The highest BCUT2D eigenvalue weighted by molar-refractivity contribution is 7.90. The summed E-state index contributed by atoms with van der Waals surface area (Å²) in [5.74, 6) is -0.197. The topological polar surface area (TPSA) is 72.8 Å². The molecule has 5 nitrogen and oxygen atoms in total. The monoisotopic (exact) mass is 329 g/mol. The second-order valence-corrected chi connectivity index (χ2v) is 6.89. The highest BCUT2D eigenvalue weighted by atomic mass is 32.2. The number of hydrogen-bond acceptors (Lipinski definition) is 5. The van der Waals surface area contributed by atoms with Gasteiger partial charge in [0, 0.05) is 18.0 Å². The standard InChI is InChI=1S/C16H12FN3O2S/c1-23(21,22)14-10-19-16(13-7-2-3-8-18-13)20-15(14)11-5-4-6-12(17)9-11/h2-10H,1H3. The SMILES string of the molecule is CS(=O)(=O)c1cnc(-c2ccccn2)nc1-c1cccc(F)c1. The van der Waals surface area contributed by atoms with Crippen LogP contribution in [0.1, 0.15) is 0 Å². The first-order valence-corrected chi connectivity index (χ1v) is 8.59. The summed E-state index contributed by atoms with van der Waals surface area (Å²) >= 11 is 0. The van der Waals surface area contributed by atoms with Gasteiger partial charge in [-0.15, -0.1) is 0 Å². The molecule has 0 saturated heterocycles. The van der Waals surface area contributed by atoms with Crippen molar-refractivity contribution in [2.75, 3.05) is 6.26 Å². The van der Waals surface area contributed by atoms with Gasteiger partial charge in [-0.3, -0.25) is 4.98 Å². The summed E-state index contributed by atoms with van der Waals surface area (Å²) in [6.45, 7) is 0. The lowest BCUT2D eigenvalue weighted by Gasteiger charge is -2.09. The third-order valence-corrected chi connectivity index (χ3v) is 4.24. The average Bonchev–Trinajstić information content (AvgIpc) is 2.54. The lowest BCUT2D eigenvalue weighted by atomic mass is 10.1. The van der Waals surface area contributed by atoms with Crippen molar-refractivity contribution in [3.05, 3.63) is 60.7 Å². The zero-order chi connectivity index (χ0) is 16.4. The fourth-order valence-corrected chi connectivity index (χ4v) is 2.86. The predicted octanol–water partition coefficient (Wildman–Crippen LogP) is 2.75. The van der Waals surface area contributed by atoms with E-state index >= 15 is 0 Å². The van der Waals surface area contributed by atoms with Gasteiger partial charge in [-0.1, -0.05) is 18.2 Å². The van der Waals surface area contributed by atoms with E-state index in [1.165, 1.54) is 24.4 Å². The van der Waals surface area contributed by atoms with Crippen LogP contribution in [0.5, 0.6) is 0 Å². The molecule has 3 rings (SSSR count). The minimum absolute atomic E-state index is 0.0530. The molecule has 3 aromatic rings. The van der Waals surface area contributed by atoms with Gasteiger partial charge in [-0.2, -0.15) is 0 Å². The number of sulfone groups is 1. The van der Waals surface area contributed by atoms with Crippen molar-refractivity contribution in [1.82, 2.24) is 15.0 Å². The van der Waals surface area contributed by atoms with Gasteiger partial charge in [0.25, 0.3) is 0 Å². The maximum absolute atomic E-state index is 13.5. The third-order valence-electron chi connectivity index (χ3n) is 3.15. The molecule has 7 heteroatoms. The average molecular weight is 329 g/mol. The fourth-order valence-electron chi connectivity index (χ4n) is 2.10. The highest BCUT2D eigenvalue weighted by Gasteiger charge is 2.19. The first-order valence-electron chi connectivity index (χ1n) is 6.69. The van der Waals surface area contributed by atoms with Gasteiger partial charge in [-0.25, -0.2) is 22.8 Å². The van der Waals surface area contributed by atoms with Crippen LogP contribution in [0, 0.1) is 5.82 Å². The summed E-state index contributed by atoms with van der Waals surface area (Å²) in [5.41, 5.74) is 1.03. The summed E-state index contributed by atoms with van der Waals surface area (Å²) in [6, 6.07) is 10.9. The van der Waals surface area contributed by atoms with Gasteiger partial charge in [0.05, 0.1) is 11.9 Å². The van der Waals surface area contributed by atoms with Crippen molar-refractivity contribution in [2.45, 2.75) is 4.90 Å². The van der Waals surface area contributed by atoms with Crippen molar-refractivity contribution in [1.29, 1.82) is 0 Å². The van der Waals surface area contributed by atoms with E-state index in [1.807, 2.05) is 0 Å². The van der Waals surface area contributed by atoms with Crippen LogP contribution in [-0.2, 0) is 9.84 Å². The maximum atomic E-state index is 13.5. The normalized spacial score (nSPS) is 11.4. The molecule has 0 N–H and O–H groups in total. The van der Waals surface area contributed by atoms with E-state index in [9.17, 15) is 12.8 Å². The number of benzene rings is 1. The van der Waals surface area contributed by atoms with E-state index in [0.717, 1.165) is 6.26 Å². The summed E-state index contributed by atoms with van der Waals surface area (Å²) < 4.78 is 37.4. The molecule has 0 bridgehead atoms. The van der Waals surface area contributed by atoms with Gasteiger partial charge >= 0.3 is 0 Å². The molecule has 0 fully saturated rings. The van der Waals surface area contributed by atoms with Crippen molar-refractivity contribution in [2.24, 2.45) is 0 Å². The van der Waals surface area contributed by atoms with Crippen LogP contribution in [-0.4, -0.2) is 29.6 Å². The molecule has 23 heavy (non-hydrogen) atoms. The number of rotatable bonds is 3. The zero-order valence-corrected chi connectivity index (χ0v) is 13.0. The summed E-state index contributed by atoms with van der Waals surface area (Å²) in [5, 5.41) is 0. The molecular weight excluding hydrogens is 317 g/mol. The van der Waals surface area contributed by atoms with Gasteiger partial charge < -0.3 is 0 Å². The van der Waals surface area contributed by atoms with Crippen molar-refractivity contribution in [3.63, 3.8) is 0 Å². The Kier molecular flexibility index (Phi) is 3.87. The molecule has 0 saturated carbocycles. The van der Waals surface area contributed by atoms with Gasteiger partial charge in [0.1, 0.15) is 16.4 Å². The van der Waals surface area contributed by atoms with Crippen LogP contribution in [0.15, 0.2) is 59.8 Å². The van der Waals surface area contributed by atoms with Crippen LogP contribution < -0.4 is 0 Å². The Morgan fingerprint density at radius 1 is 1.04 bits per heavy atom. The fraction of sp³-hybridized carbons (Fsp3) is 0.0625. The van der Waals surface area contributed by atoms with Crippen molar-refractivity contribution >= 4 is 9.84 Å². The molecule has 0 radical (unpaired) electrons. The van der Waals surface area contributed by atoms with E-state index < -0.39 is 15.7 Å². The van der Waals surface area contributed by atoms with Crippen LogP contribution in [0.4, 0.5) is 4.39 Å². The number of aromatic nitrogens is 3. The molecule has 2 heterocycles. The molecule has 0 aliphatic carbocycles. The number of pyridine rings is 1. The molecule has 0 amide bonds. The number of nitrogens with zero attached hydrogens (tertiary/aromatic N) is 3. The van der Waals surface area contributed by atoms with E-state index in [1.54, 1.807) is 30.5 Å². The first-order chi connectivity index (χ1) is 10.9. The Bertz CT molecular complexity index is 960. The quantitative estimate of drug-likeness (QED) is 0.739. The smallest absolute Gasteiger partial charge is 0.179 e. The van der Waals surface area contributed by atoms with E-state index in [-0.39, 0.29) is 16.4 Å². The van der Waals surface area contributed by atoms with Gasteiger partial charge in [-0.05, 0) is 24.3 Å². The lowest BCUT2D eigenvalue weighted by Crippen LogP contribution is -2.05. The maximum Gasteiger partial charge on any atom is 0.179 e. The second kappa shape index (κ2) is 5.85. The Morgan fingerprint density at radius 2 is 1.87 bits per heavy atom. The Morgan fingerprint density at radius 3 is 2.52 bits per heavy atom. The molecule has 116 valence electrons. The molecule has 0 unspecified atom stereocenters. The zero-order valence-electron chi connectivity index (χ0n) is 12.1. The summed E-state index contributed by atoms with van der Waals surface area (Å²) in [7, 11) is -3.56. The molecule has 0 aliphatic rings. The molecule has 1 aromatic carbocycles. The summed E-state index contributed by atoms with van der Waals surface area (Å²) in [6.07, 6.45) is 3.88. The van der Waals surface area contributed by atoms with Gasteiger partial charge in [0.2, 0.25) is 0 Å². The summed E-state index contributed by atoms with van der Waals surface area (Å²) in [4.78, 5) is 12.5. The minimum Gasteiger partial charge on any atom is -0.253 e. The Hall–Kier alpha value is -2.67. The Balaban J connectivity index is 2.26. The van der Waals surface area contributed by atoms with Gasteiger partial charge in [0.15, 0.2) is 15.7 Å². The molecule has 2 aromatic heterocycles. The Labute approximate surface area is 132 Å². The molecule has 0 aliphatic heterocycles.